The summed E-state index contributed by atoms with van der Waals surface area (Å²) in [5, 5.41) is 13.4. The van der Waals surface area contributed by atoms with Crippen molar-refractivity contribution in [3.05, 3.63) is 63.2 Å². The van der Waals surface area contributed by atoms with E-state index in [9.17, 15) is 23.7 Å². The van der Waals surface area contributed by atoms with Crippen molar-refractivity contribution in [2.45, 2.75) is 13.2 Å². The number of nitrogens with one attached hydrogen (secondary N) is 2. The van der Waals surface area contributed by atoms with E-state index in [2.05, 4.69) is 10.1 Å². The molecule has 144 valence electrons. The highest BCUT2D eigenvalue weighted by Crippen LogP contribution is 2.26. The van der Waals surface area contributed by atoms with Crippen molar-refractivity contribution in [2.24, 2.45) is 0 Å². The predicted octanol–water partition coefficient (Wildman–Crippen LogP) is 2.50. The first-order valence-electron chi connectivity index (χ1n) is 7.83. The summed E-state index contributed by atoms with van der Waals surface area (Å²) in [6, 6.07) is 9.95. The van der Waals surface area contributed by atoms with Crippen LogP contribution in [0.5, 0.6) is 5.75 Å². The fourth-order valence-corrected chi connectivity index (χ4v) is 2.61. The third-order valence-corrected chi connectivity index (χ3v) is 3.87. The van der Waals surface area contributed by atoms with Crippen LogP contribution in [0.2, 0.25) is 5.02 Å². The van der Waals surface area contributed by atoms with Crippen molar-refractivity contribution >= 4 is 28.9 Å². The Morgan fingerprint density at radius 3 is 2.52 bits per heavy atom. The van der Waals surface area contributed by atoms with Crippen molar-refractivity contribution in [2.75, 3.05) is 18.9 Å². The molecule has 1 amide bonds. The van der Waals surface area contributed by atoms with Crippen LogP contribution in [0.1, 0.15) is 5.56 Å². The molecule has 0 aliphatic carbocycles. The number of nitrogens with zero attached hydrogens (tertiary/aromatic N) is 1. The number of nitro groups is 1. The second kappa shape index (κ2) is 9.24. The number of halogens is 3. The number of nitro benzene ring substituents is 1. The zero-order valence-electron chi connectivity index (χ0n) is 14.2. The smallest absolute Gasteiger partial charge is 0.387 e. The molecule has 0 saturated carbocycles. The number of hydrogen-bond donors (Lipinski definition) is 2. The van der Waals surface area contributed by atoms with Crippen LogP contribution in [0, 0.1) is 10.1 Å². The van der Waals surface area contributed by atoms with Gasteiger partial charge < -0.3 is 15.0 Å². The molecule has 10 heteroatoms. The number of benzene rings is 2. The second-order valence-corrected chi connectivity index (χ2v) is 6.21. The van der Waals surface area contributed by atoms with Gasteiger partial charge in [-0.15, -0.1) is 0 Å². The minimum atomic E-state index is -2.88. The Bertz CT molecular complexity index is 818. The molecule has 0 radical (unpaired) electrons. The van der Waals surface area contributed by atoms with Crippen LogP contribution in [0.3, 0.4) is 0 Å². The molecular weight excluding hydrogens is 384 g/mol. The molecule has 2 N–H and O–H groups in total. The number of rotatable bonds is 8. The molecular formula is C17H17ClF2N3O4+. The van der Waals surface area contributed by atoms with Crippen molar-refractivity contribution in [1.82, 2.24) is 0 Å². The average molecular weight is 401 g/mol. The molecule has 7 nitrogen and oxygen atoms in total. The first kappa shape index (κ1) is 20.5. The minimum Gasteiger partial charge on any atom is -0.435 e. The number of non-ortho nitro benzene ring substituents is 1. The first-order chi connectivity index (χ1) is 12.7. The number of alkyl halides is 2. The quantitative estimate of drug-likeness (QED) is 0.526. The fraction of sp³-hybridized carbons (Fsp3) is 0.235. The fourth-order valence-electron chi connectivity index (χ4n) is 2.39. The maximum atomic E-state index is 12.1. The summed E-state index contributed by atoms with van der Waals surface area (Å²) < 4.78 is 28.5. The summed E-state index contributed by atoms with van der Waals surface area (Å²) in [5.74, 6) is -0.252. The van der Waals surface area contributed by atoms with Gasteiger partial charge in [0.2, 0.25) is 0 Å². The molecule has 0 fully saturated rings. The Labute approximate surface area is 158 Å². The van der Waals surface area contributed by atoms with Gasteiger partial charge in [-0.3, -0.25) is 14.9 Å². The van der Waals surface area contributed by atoms with Gasteiger partial charge in [-0.2, -0.15) is 8.78 Å². The molecule has 2 aromatic rings. The Kier molecular flexibility index (Phi) is 7.03. The largest absolute Gasteiger partial charge is 0.435 e. The number of likely N-dealkylation sites (N-methyl/N-ethyl adjacent to an activating group) is 1. The zero-order valence-corrected chi connectivity index (χ0v) is 15.0. The summed E-state index contributed by atoms with van der Waals surface area (Å²) in [6.07, 6.45) is 0. The molecule has 27 heavy (non-hydrogen) atoms. The standard InChI is InChI=1S/C17H16ClF2N3O4/c1-22(9-11-2-5-13(6-3-11)27-17(19)20)10-16(24)21-15-7-4-12(23(25)26)8-14(15)18/h2-8,17H,9-10H2,1H3,(H,21,24)/p+1. The third-order valence-electron chi connectivity index (χ3n) is 3.55. The van der Waals surface area contributed by atoms with Crippen LogP contribution in [0.15, 0.2) is 42.5 Å². The number of amides is 1. The van der Waals surface area contributed by atoms with Gasteiger partial charge in [0.15, 0.2) is 6.54 Å². The number of quaternary nitrogens is 1. The molecule has 0 heterocycles. The number of hydrogen-bond acceptors (Lipinski definition) is 4. The van der Waals surface area contributed by atoms with Gasteiger partial charge in [0.25, 0.3) is 11.6 Å². The van der Waals surface area contributed by atoms with E-state index in [1.165, 1.54) is 24.3 Å². The van der Waals surface area contributed by atoms with Crippen LogP contribution in [-0.4, -0.2) is 31.0 Å². The molecule has 1 unspecified atom stereocenters. The van der Waals surface area contributed by atoms with Gasteiger partial charge in [0.05, 0.1) is 22.7 Å². The number of carbonyl (C=O) groups excluding carboxylic acids is 1. The van der Waals surface area contributed by atoms with Crippen molar-refractivity contribution in [1.29, 1.82) is 0 Å². The third kappa shape index (κ3) is 6.46. The highest BCUT2D eigenvalue weighted by Gasteiger charge is 2.15. The van der Waals surface area contributed by atoms with Crippen molar-refractivity contribution < 1.29 is 28.1 Å². The van der Waals surface area contributed by atoms with Crippen LogP contribution in [0.4, 0.5) is 20.2 Å². The highest BCUT2D eigenvalue weighted by atomic mass is 35.5. The Morgan fingerprint density at radius 1 is 1.30 bits per heavy atom. The van der Waals surface area contributed by atoms with Gasteiger partial charge in [-0.05, 0) is 30.3 Å². The van der Waals surface area contributed by atoms with Crippen LogP contribution >= 0.6 is 11.6 Å². The van der Waals surface area contributed by atoms with Crippen LogP contribution < -0.4 is 15.0 Å². The summed E-state index contributed by atoms with van der Waals surface area (Å²) in [7, 11) is 1.79. The zero-order chi connectivity index (χ0) is 20.0. The van der Waals surface area contributed by atoms with Gasteiger partial charge in [0.1, 0.15) is 12.3 Å². The second-order valence-electron chi connectivity index (χ2n) is 5.80. The lowest BCUT2D eigenvalue weighted by atomic mass is 10.2. The van der Waals surface area contributed by atoms with Gasteiger partial charge in [-0.25, -0.2) is 0 Å². The van der Waals surface area contributed by atoms with Gasteiger partial charge in [-0.1, -0.05) is 11.6 Å². The van der Waals surface area contributed by atoms with Crippen LogP contribution in [-0.2, 0) is 11.3 Å². The summed E-state index contributed by atoms with van der Waals surface area (Å²) in [5.41, 5.74) is 0.962. The van der Waals surface area contributed by atoms with Crippen molar-refractivity contribution in [3.8, 4) is 5.75 Å². The van der Waals surface area contributed by atoms with E-state index in [1.807, 2.05) is 0 Å². The monoisotopic (exact) mass is 400 g/mol. The topological polar surface area (TPSA) is 85.9 Å². The molecule has 1 atom stereocenters. The number of ether oxygens (including phenoxy) is 1. The maximum absolute atomic E-state index is 12.1. The van der Waals surface area contributed by atoms with E-state index >= 15 is 0 Å². The molecule has 2 rings (SSSR count). The lowest BCUT2D eigenvalue weighted by Gasteiger charge is -2.14. The molecule has 0 bridgehead atoms. The molecule has 0 aliphatic heterocycles. The summed E-state index contributed by atoms with van der Waals surface area (Å²) in [4.78, 5) is 23.1. The van der Waals surface area contributed by atoms with Gasteiger partial charge in [0, 0.05) is 17.7 Å². The number of anilines is 1. The van der Waals surface area contributed by atoms with E-state index < -0.39 is 11.5 Å². The SMILES string of the molecule is C[NH+](CC(=O)Nc1ccc([N+](=O)[O-])cc1Cl)Cc1ccc(OC(F)F)cc1. The first-order valence-corrected chi connectivity index (χ1v) is 8.21. The van der Waals surface area contributed by atoms with Crippen LogP contribution in [0.25, 0.3) is 0 Å². The minimum absolute atomic E-state index is 0.0666. The van der Waals surface area contributed by atoms with E-state index in [0.29, 0.717) is 6.54 Å². The number of carbonyl (C=O) groups is 1. The molecule has 0 spiro atoms. The van der Waals surface area contributed by atoms with E-state index in [4.69, 9.17) is 11.6 Å². The van der Waals surface area contributed by atoms with Gasteiger partial charge >= 0.3 is 6.61 Å². The van der Waals surface area contributed by atoms with E-state index in [1.54, 1.807) is 19.2 Å². The Hall–Kier alpha value is -2.78. The average Bonchev–Trinajstić information content (AvgIpc) is 2.57. The molecule has 0 saturated heterocycles. The Balaban J connectivity index is 1.89. The molecule has 0 aromatic heterocycles. The lowest BCUT2D eigenvalue weighted by Crippen LogP contribution is -3.08. The predicted molar refractivity (Wildman–Crippen MR) is 95.3 cm³/mol. The normalized spacial score (nSPS) is 11.9. The Morgan fingerprint density at radius 2 is 1.96 bits per heavy atom. The van der Waals surface area contributed by atoms with Crippen molar-refractivity contribution in [3.63, 3.8) is 0 Å². The molecule has 0 aliphatic rings. The highest BCUT2D eigenvalue weighted by molar-refractivity contribution is 6.33. The summed E-state index contributed by atoms with van der Waals surface area (Å²) in [6.45, 7) is -2.28. The lowest BCUT2D eigenvalue weighted by molar-refractivity contribution is -0.885. The van der Waals surface area contributed by atoms with E-state index in [-0.39, 0.29) is 34.6 Å². The summed E-state index contributed by atoms with van der Waals surface area (Å²) >= 11 is 5.94. The molecule has 2 aromatic carbocycles. The maximum Gasteiger partial charge on any atom is 0.387 e. The van der Waals surface area contributed by atoms with E-state index in [0.717, 1.165) is 16.5 Å².